The van der Waals surface area contributed by atoms with E-state index in [1.165, 1.54) is 28.8 Å². The molecule has 2 fully saturated rings. The summed E-state index contributed by atoms with van der Waals surface area (Å²) in [5.41, 5.74) is 4.43. The first-order chi connectivity index (χ1) is 14.8. The first-order valence-electron chi connectivity index (χ1n) is 10.3. The highest BCUT2D eigenvalue weighted by molar-refractivity contribution is 8.18. The number of hydrogen-bond acceptors (Lipinski definition) is 6. The molecule has 4 rings (SSSR count). The van der Waals surface area contributed by atoms with Gasteiger partial charge in [0.05, 0.1) is 10.9 Å². The maximum atomic E-state index is 14.2. The predicted molar refractivity (Wildman–Crippen MR) is 118 cm³/mol. The predicted octanol–water partition coefficient (Wildman–Crippen LogP) is 2.75. The number of thioether (sulfide) groups is 1. The van der Waals surface area contributed by atoms with Gasteiger partial charge in [-0.3, -0.25) is 14.7 Å². The van der Waals surface area contributed by atoms with Crippen molar-refractivity contribution >= 4 is 35.0 Å². The molecule has 3 aliphatic heterocycles. The Morgan fingerprint density at radius 2 is 2.16 bits per heavy atom. The van der Waals surface area contributed by atoms with Crippen molar-refractivity contribution in [1.82, 2.24) is 20.2 Å². The van der Waals surface area contributed by atoms with Crippen LogP contribution in [0, 0.1) is 5.82 Å². The van der Waals surface area contributed by atoms with Crippen molar-refractivity contribution in [3.8, 4) is 0 Å². The highest BCUT2D eigenvalue weighted by Gasteiger charge is 2.40. The molecule has 0 bridgehead atoms. The van der Waals surface area contributed by atoms with Crippen LogP contribution in [0.1, 0.15) is 36.4 Å². The van der Waals surface area contributed by atoms with Crippen LogP contribution in [-0.2, 0) is 4.79 Å². The van der Waals surface area contributed by atoms with Gasteiger partial charge in [0.1, 0.15) is 5.82 Å². The number of nitrogens with zero attached hydrogens (tertiary/aromatic N) is 4. The molecule has 8 nitrogen and oxygen atoms in total. The van der Waals surface area contributed by atoms with Crippen molar-refractivity contribution < 1.29 is 19.1 Å². The van der Waals surface area contributed by atoms with Crippen LogP contribution in [0.4, 0.5) is 9.18 Å². The molecule has 0 spiro atoms. The third-order valence-electron chi connectivity index (χ3n) is 5.88. The zero-order valence-electron chi connectivity index (χ0n) is 17.5. The first kappa shape index (κ1) is 21.8. The Hall–Kier alpha value is -2.43. The number of likely N-dealkylation sites (N-methyl/N-ethyl adjacent to an activating group) is 1. The number of carbonyl (C=O) groups excluding carboxylic acids is 1. The molecule has 2 atom stereocenters. The molecule has 2 N–H and O–H groups in total. The number of carbonyl (C=O) groups is 2. The van der Waals surface area contributed by atoms with Gasteiger partial charge in [-0.2, -0.15) is 4.99 Å². The number of rotatable bonds is 3. The summed E-state index contributed by atoms with van der Waals surface area (Å²) in [6, 6.07) is 3.70. The van der Waals surface area contributed by atoms with Crippen LogP contribution in [0.25, 0.3) is 6.08 Å². The standard InChI is InChI=1S/C21H26FN5O3S/c1-25(2)16-7-10-26(21(29)30)18(16)15-12-14(22)6-5-13(15)11-17-19(28)24-20(31-17)27-9-4-3-8-23-27/h5-6,11-12,16,18,23H,3-4,7-10H2,1-2H3,(H,29,30)/b17-11+/t16-,18?/m0/s1. The average molecular weight is 448 g/mol. The number of carboxylic acid groups (broad SMARTS) is 1. The van der Waals surface area contributed by atoms with E-state index in [2.05, 4.69) is 10.4 Å². The minimum atomic E-state index is -1.04. The summed E-state index contributed by atoms with van der Waals surface area (Å²) in [7, 11) is 3.78. The fourth-order valence-corrected chi connectivity index (χ4v) is 5.26. The van der Waals surface area contributed by atoms with Gasteiger partial charge in [0.15, 0.2) is 5.17 Å². The number of benzene rings is 1. The summed E-state index contributed by atoms with van der Waals surface area (Å²) in [5.74, 6) is -0.778. The summed E-state index contributed by atoms with van der Waals surface area (Å²) in [6.07, 6.45) is 3.43. The van der Waals surface area contributed by atoms with Crippen molar-refractivity contribution in [1.29, 1.82) is 0 Å². The van der Waals surface area contributed by atoms with Crippen molar-refractivity contribution in [2.75, 3.05) is 33.7 Å². The summed E-state index contributed by atoms with van der Waals surface area (Å²) in [5, 5.41) is 12.2. The molecule has 0 radical (unpaired) electrons. The van der Waals surface area contributed by atoms with Gasteiger partial charge in [-0.05, 0) is 74.5 Å². The molecule has 1 unspecified atom stereocenters. The quantitative estimate of drug-likeness (QED) is 0.689. The second-order valence-corrected chi connectivity index (χ2v) is 9.10. The van der Waals surface area contributed by atoms with Crippen LogP contribution in [0.2, 0.25) is 0 Å². The summed E-state index contributed by atoms with van der Waals surface area (Å²) in [6.45, 7) is 2.00. The molecule has 0 saturated carbocycles. The van der Waals surface area contributed by atoms with E-state index in [0.29, 0.717) is 34.2 Å². The normalized spacial score (nSPS) is 25.6. The summed E-state index contributed by atoms with van der Waals surface area (Å²) >= 11 is 1.28. The topological polar surface area (TPSA) is 88.5 Å². The molecule has 2 amide bonds. The summed E-state index contributed by atoms with van der Waals surface area (Å²) in [4.78, 5) is 32.4. The Morgan fingerprint density at radius 1 is 1.35 bits per heavy atom. The van der Waals surface area contributed by atoms with Crippen LogP contribution in [0.3, 0.4) is 0 Å². The van der Waals surface area contributed by atoms with Crippen molar-refractivity contribution in [2.24, 2.45) is 4.99 Å². The minimum absolute atomic E-state index is 0.0913. The van der Waals surface area contributed by atoms with E-state index in [9.17, 15) is 19.1 Å². The molecular weight excluding hydrogens is 421 g/mol. The van der Waals surface area contributed by atoms with Crippen molar-refractivity contribution in [3.05, 3.63) is 40.0 Å². The molecule has 10 heteroatoms. The number of hydrazine groups is 1. The van der Waals surface area contributed by atoms with Crippen LogP contribution >= 0.6 is 11.8 Å². The third-order valence-corrected chi connectivity index (χ3v) is 6.89. The van der Waals surface area contributed by atoms with E-state index in [1.807, 2.05) is 24.0 Å². The van der Waals surface area contributed by atoms with Crippen molar-refractivity contribution in [2.45, 2.75) is 31.3 Å². The average Bonchev–Trinajstić information content (AvgIpc) is 3.34. The minimum Gasteiger partial charge on any atom is -0.465 e. The maximum absolute atomic E-state index is 14.2. The SMILES string of the molecule is CN(C)[C@H]1CCN(C(=O)O)C1c1cc(F)ccc1/C=C1/SC(N2CCCCN2)=NC1=O. The zero-order chi connectivity index (χ0) is 22.1. The molecule has 1 aromatic carbocycles. The fraction of sp³-hybridized carbons (Fsp3) is 0.476. The Labute approximate surface area is 184 Å². The molecule has 1 aromatic rings. The molecule has 31 heavy (non-hydrogen) atoms. The summed E-state index contributed by atoms with van der Waals surface area (Å²) < 4.78 is 14.2. The number of amides is 2. The van der Waals surface area contributed by atoms with Crippen molar-refractivity contribution in [3.63, 3.8) is 0 Å². The van der Waals surface area contributed by atoms with Crippen LogP contribution in [0.5, 0.6) is 0 Å². The maximum Gasteiger partial charge on any atom is 0.407 e. The number of hydrogen-bond donors (Lipinski definition) is 2. The number of nitrogens with one attached hydrogen (secondary N) is 1. The smallest absolute Gasteiger partial charge is 0.407 e. The third kappa shape index (κ3) is 4.46. The highest BCUT2D eigenvalue weighted by atomic mass is 32.2. The van der Waals surface area contributed by atoms with Gasteiger partial charge in [0, 0.05) is 25.7 Å². The van der Waals surface area contributed by atoms with Gasteiger partial charge in [-0.15, -0.1) is 0 Å². The lowest BCUT2D eigenvalue weighted by Crippen LogP contribution is -2.45. The molecular formula is C21H26FN5O3S. The second-order valence-electron chi connectivity index (χ2n) is 8.09. The van der Waals surface area contributed by atoms with E-state index in [-0.39, 0.29) is 11.9 Å². The van der Waals surface area contributed by atoms with Gasteiger partial charge in [-0.1, -0.05) is 6.07 Å². The molecule has 0 aromatic heterocycles. The van der Waals surface area contributed by atoms with Crippen LogP contribution < -0.4 is 5.43 Å². The van der Waals surface area contributed by atoms with E-state index in [4.69, 9.17) is 0 Å². The highest BCUT2D eigenvalue weighted by Crippen LogP contribution is 2.39. The Morgan fingerprint density at radius 3 is 2.84 bits per heavy atom. The van der Waals surface area contributed by atoms with Crippen LogP contribution in [0.15, 0.2) is 28.1 Å². The van der Waals surface area contributed by atoms with E-state index < -0.39 is 18.0 Å². The number of aliphatic imine (C=N–C) groups is 1. The van der Waals surface area contributed by atoms with Gasteiger partial charge in [0.25, 0.3) is 5.91 Å². The van der Waals surface area contributed by atoms with Crippen LogP contribution in [-0.4, -0.2) is 76.9 Å². The van der Waals surface area contributed by atoms with Gasteiger partial charge in [0.2, 0.25) is 0 Å². The zero-order valence-corrected chi connectivity index (χ0v) is 18.4. The van der Waals surface area contributed by atoms with E-state index in [1.54, 1.807) is 12.1 Å². The Kier molecular flexibility index (Phi) is 6.31. The number of amidine groups is 1. The molecule has 3 heterocycles. The molecule has 2 saturated heterocycles. The Bertz CT molecular complexity index is 945. The second kappa shape index (κ2) is 8.97. The fourth-order valence-electron chi connectivity index (χ4n) is 4.35. The first-order valence-corrected chi connectivity index (χ1v) is 11.2. The van der Waals surface area contributed by atoms with Gasteiger partial charge < -0.3 is 10.0 Å². The molecule has 166 valence electrons. The Balaban J connectivity index is 1.67. The molecule has 0 aliphatic carbocycles. The monoisotopic (exact) mass is 447 g/mol. The number of likely N-dealkylation sites (tertiary alicyclic amines) is 1. The largest absolute Gasteiger partial charge is 0.465 e. The lowest BCUT2D eigenvalue weighted by molar-refractivity contribution is -0.113. The lowest BCUT2D eigenvalue weighted by atomic mass is 9.94. The van der Waals surface area contributed by atoms with Gasteiger partial charge in [-0.25, -0.2) is 14.6 Å². The van der Waals surface area contributed by atoms with Gasteiger partial charge >= 0.3 is 6.09 Å². The lowest BCUT2D eigenvalue weighted by Gasteiger charge is -2.31. The number of halogens is 1. The van der Waals surface area contributed by atoms with E-state index >= 15 is 0 Å². The van der Waals surface area contributed by atoms with E-state index in [0.717, 1.165) is 25.9 Å². The molecule has 3 aliphatic rings.